The van der Waals surface area contributed by atoms with Crippen LogP contribution in [0.3, 0.4) is 0 Å². The van der Waals surface area contributed by atoms with Crippen LogP contribution >= 0.6 is 0 Å². The molecule has 1 aromatic carbocycles. The minimum atomic E-state index is -1.41. The number of piperidine rings is 1. The van der Waals surface area contributed by atoms with E-state index in [9.17, 15) is 9.90 Å². The molecule has 3 rings (SSSR count). The smallest absolute Gasteiger partial charge is 0.257 e. The van der Waals surface area contributed by atoms with Crippen molar-refractivity contribution in [2.45, 2.75) is 89.7 Å². The van der Waals surface area contributed by atoms with Gasteiger partial charge in [-0.05, 0) is 57.4 Å². The topological polar surface area (TPSA) is 52.6 Å². The molecule has 0 aromatic heterocycles. The third kappa shape index (κ3) is 6.43. The Labute approximate surface area is 189 Å². The Kier molecular flexibility index (Phi) is 9.15. The second-order valence-corrected chi connectivity index (χ2v) is 9.65. The number of nitrogens with one attached hydrogen (secondary N) is 1. The van der Waals surface area contributed by atoms with E-state index in [1.54, 1.807) is 0 Å². The molecular weight excluding hydrogens is 384 g/mol. The van der Waals surface area contributed by atoms with Crippen LogP contribution in [0.5, 0.6) is 0 Å². The number of carbonyl (C=O) groups excluding carboxylic acids is 1. The number of nitrogens with zero attached hydrogens (tertiary/aromatic N) is 1. The van der Waals surface area contributed by atoms with E-state index in [0.717, 1.165) is 70.1 Å². The van der Waals surface area contributed by atoms with Crippen LogP contribution in [-0.2, 0) is 10.4 Å². The monoisotopic (exact) mass is 426 g/mol. The van der Waals surface area contributed by atoms with Gasteiger partial charge in [0.1, 0.15) is 0 Å². The number of carbonyl (C=O) groups is 1. The van der Waals surface area contributed by atoms with E-state index in [4.69, 9.17) is 0 Å². The summed E-state index contributed by atoms with van der Waals surface area (Å²) < 4.78 is 0. The average Bonchev–Trinajstić information content (AvgIpc) is 3.34. The third-order valence-electron chi connectivity index (χ3n) is 7.29. The Bertz CT molecular complexity index is 703. The van der Waals surface area contributed by atoms with E-state index in [2.05, 4.69) is 30.1 Å². The van der Waals surface area contributed by atoms with Crippen LogP contribution in [0.4, 0.5) is 0 Å². The lowest BCUT2D eigenvalue weighted by Crippen LogP contribution is -2.54. The molecule has 1 atom stereocenters. The summed E-state index contributed by atoms with van der Waals surface area (Å²) in [4.78, 5) is 15.9. The van der Waals surface area contributed by atoms with Crippen molar-refractivity contribution in [1.29, 1.82) is 0 Å². The molecule has 0 spiro atoms. The van der Waals surface area contributed by atoms with E-state index in [-0.39, 0.29) is 17.9 Å². The number of aliphatic hydroxyl groups is 1. The standard InChI is InChI=1S/C27H42N2O2/c1-3-4-11-22(2)12-10-19-29-20-17-25(18-21-29)28-26(30)27(31,24-15-8-9-16-24)23-13-6-5-7-14-23/h5-7,12-14,24-25,31H,3-4,8-11,15-21H2,1-2H3,(H,28,30)/b22-12+. The number of hydrogen-bond donors (Lipinski definition) is 2. The first-order valence-electron chi connectivity index (χ1n) is 12.5. The number of benzene rings is 1. The molecule has 4 nitrogen and oxygen atoms in total. The predicted molar refractivity (Wildman–Crippen MR) is 128 cm³/mol. The van der Waals surface area contributed by atoms with Crippen molar-refractivity contribution in [3.8, 4) is 0 Å². The summed E-state index contributed by atoms with van der Waals surface area (Å²) in [5.74, 6) is -0.184. The van der Waals surface area contributed by atoms with Crippen molar-refractivity contribution in [1.82, 2.24) is 10.2 Å². The lowest BCUT2D eigenvalue weighted by molar-refractivity contribution is -0.148. The Morgan fingerprint density at radius 2 is 1.84 bits per heavy atom. The summed E-state index contributed by atoms with van der Waals surface area (Å²) in [6, 6.07) is 9.72. The van der Waals surface area contributed by atoms with Gasteiger partial charge in [-0.25, -0.2) is 0 Å². The minimum absolute atomic E-state index is 0.0118. The highest BCUT2D eigenvalue weighted by Crippen LogP contribution is 2.41. The van der Waals surface area contributed by atoms with Gasteiger partial charge in [0.15, 0.2) is 5.60 Å². The van der Waals surface area contributed by atoms with Crippen molar-refractivity contribution in [2.24, 2.45) is 5.92 Å². The van der Waals surface area contributed by atoms with Gasteiger partial charge in [-0.1, -0.05) is 68.2 Å². The molecule has 172 valence electrons. The molecule has 1 unspecified atom stereocenters. The van der Waals surface area contributed by atoms with Crippen LogP contribution in [0.25, 0.3) is 0 Å². The molecule has 2 fully saturated rings. The van der Waals surface area contributed by atoms with Crippen molar-refractivity contribution < 1.29 is 9.90 Å². The fourth-order valence-electron chi connectivity index (χ4n) is 5.24. The van der Waals surface area contributed by atoms with Gasteiger partial charge in [0.2, 0.25) is 0 Å². The highest BCUT2D eigenvalue weighted by Gasteiger charge is 2.46. The second kappa shape index (κ2) is 11.8. The first-order valence-corrected chi connectivity index (χ1v) is 12.5. The Balaban J connectivity index is 1.51. The molecule has 1 aliphatic heterocycles. The summed E-state index contributed by atoms with van der Waals surface area (Å²) in [5, 5.41) is 14.9. The van der Waals surface area contributed by atoms with Gasteiger partial charge in [0, 0.05) is 31.6 Å². The molecule has 1 aliphatic carbocycles. The maximum absolute atomic E-state index is 13.4. The van der Waals surface area contributed by atoms with Crippen molar-refractivity contribution in [3.63, 3.8) is 0 Å². The van der Waals surface area contributed by atoms with Crippen LogP contribution in [0, 0.1) is 5.92 Å². The molecule has 1 aromatic rings. The zero-order valence-electron chi connectivity index (χ0n) is 19.6. The second-order valence-electron chi connectivity index (χ2n) is 9.65. The van der Waals surface area contributed by atoms with Gasteiger partial charge in [0.25, 0.3) is 5.91 Å². The Morgan fingerprint density at radius 3 is 2.48 bits per heavy atom. The summed E-state index contributed by atoms with van der Waals surface area (Å²) in [6.45, 7) is 7.61. The number of allylic oxidation sites excluding steroid dienone is 1. The number of unbranched alkanes of at least 4 members (excludes halogenated alkanes) is 1. The van der Waals surface area contributed by atoms with Crippen molar-refractivity contribution >= 4 is 5.91 Å². The maximum atomic E-state index is 13.4. The molecule has 4 heteroatoms. The molecule has 1 saturated carbocycles. The summed E-state index contributed by atoms with van der Waals surface area (Å²) in [6.07, 6.45) is 13.2. The lowest BCUT2D eigenvalue weighted by Gasteiger charge is -2.37. The van der Waals surface area contributed by atoms with Crippen LogP contribution in [0.1, 0.15) is 83.6 Å². The van der Waals surface area contributed by atoms with Gasteiger partial charge in [-0.15, -0.1) is 0 Å². The molecule has 1 saturated heterocycles. The van der Waals surface area contributed by atoms with Gasteiger partial charge in [-0.3, -0.25) is 4.79 Å². The molecule has 2 N–H and O–H groups in total. The zero-order chi connectivity index (χ0) is 22.1. The zero-order valence-corrected chi connectivity index (χ0v) is 19.6. The lowest BCUT2D eigenvalue weighted by atomic mass is 9.79. The molecule has 1 amide bonds. The molecule has 0 bridgehead atoms. The molecule has 0 radical (unpaired) electrons. The van der Waals surface area contributed by atoms with E-state index in [1.807, 2.05) is 30.3 Å². The van der Waals surface area contributed by atoms with Crippen molar-refractivity contribution in [3.05, 3.63) is 47.5 Å². The fourth-order valence-corrected chi connectivity index (χ4v) is 5.24. The Morgan fingerprint density at radius 1 is 1.16 bits per heavy atom. The maximum Gasteiger partial charge on any atom is 0.257 e. The average molecular weight is 427 g/mol. The van der Waals surface area contributed by atoms with Gasteiger partial charge in [0.05, 0.1) is 0 Å². The SMILES string of the molecule is CCCC/C(C)=C/CCN1CCC(NC(=O)C(O)(c2ccccc2)C2CCCC2)CC1. The first-order chi connectivity index (χ1) is 15.0. The van der Waals surface area contributed by atoms with Crippen LogP contribution in [0.15, 0.2) is 42.0 Å². The summed E-state index contributed by atoms with van der Waals surface area (Å²) >= 11 is 0. The quantitative estimate of drug-likeness (QED) is 0.507. The van der Waals surface area contributed by atoms with E-state index < -0.39 is 5.60 Å². The third-order valence-corrected chi connectivity index (χ3v) is 7.29. The number of amides is 1. The molecule has 2 aliphatic rings. The van der Waals surface area contributed by atoms with E-state index >= 15 is 0 Å². The Hall–Kier alpha value is -1.65. The fraction of sp³-hybridized carbons (Fsp3) is 0.667. The van der Waals surface area contributed by atoms with Gasteiger partial charge >= 0.3 is 0 Å². The van der Waals surface area contributed by atoms with E-state index in [1.165, 1.54) is 24.8 Å². The largest absolute Gasteiger partial charge is 0.375 e. The summed E-state index contributed by atoms with van der Waals surface area (Å²) in [5.41, 5.74) is 0.841. The van der Waals surface area contributed by atoms with Crippen LogP contribution in [-0.4, -0.2) is 41.6 Å². The molecule has 31 heavy (non-hydrogen) atoms. The van der Waals surface area contributed by atoms with E-state index in [0.29, 0.717) is 0 Å². The molecule has 1 heterocycles. The first kappa shape index (κ1) is 24.0. The van der Waals surface area contributed by atoms with Gasteiger partial charge in [-0.2, -0.15) is 0 Å². The number of likely N-dealkylation sites (tertiary alicyclic amines) is 1. The normalized spacial score (nSPS) is 21.2. The van der Waals surface area contributed by atoms with Crippen LogP contribution in [0.2, 0.25) is 0 Å². The highest BCUT2D eigenvalue weighted by atomic mass is 16.3. The number of rotatable bonds is 10. The van der Waals surface area contributed by atoms with Crippen LogP contribution < -0.4 is 5.32 Å². The highest BCUT2D eigenvalue weighted by molar-refractivity contribution is 5.87. The minimum Gasteiger partial charge on any atom is -0.375 e. The predicted octanol–water partition coefficient (Wildman–Crippen LogP) is 5.17. The number of hydrogen-bond acceptors (Lipinski definition) is 3. The van der Waals surface area contributed by atoms with Crippen molar-refractivity contribution in [2.75, 3.05) is 19.6 Å². The summed E-state index contributed by atoms with van der Waals surface area (Å²) in [7, 11) is 0. The molecular formula is C27H42N2O2. The van der Waals surface area contributed by atoms with Gasteiger partial charge < -0.3 is 15.3 Å².